The first-order valence-corrected chi connectivity index (χ1v) is 12.6. The molecule has 1 aliphatic rings. The van der Waals surface area contributed by atoms with Gasteiger partial charge in [0.15, 0.2) is 0 Å². The average Bonchev–Trinajstić information content (AvgIpc) is 2.93. The van der Waals surface area contributed by atoms with Crippen molar-refractivity contribution in [2.24, 2.45) is 0 Å². The van der Waals surface area contributed by atoms with Gasteiger partial charge in [0.05, 0.1) is 30.0 Å². The Kier molecular flexibility index (Phi) is 9.52. The predicted octanol–water partition coefficient (Wildman–Crippen LogP) is 4.91. The smallest absolute Gasteiger partial charge is 0.262 e. The third kappa shape index (κ3) is 7.54. The molecule has 0 saturated carbocycles. The first kappa shape index (κ1) is 26.6. The molecule has 2 heterocycles. The Morgan fingerprint density at radius 3 is 2.62 bits per heavy atom. The zero-order valence-electron chi connectivity index (χ0n) is 20.1. The molecule has 7 nitrogen and oxygen atoms in total. The molecule has 1 fully saturated rings. The summed E-state index contributed by atoms with van der Waals surface area (Å²) in [6.07, 6.45) is 1.33. The Hall–Kier alpha value is -3.41. The van der Waals surface area contributed by atoms with Gasteiger partial charge in [-0.05, 0) is 41.5 Å². The molecule has 2 aromatic carbocycles. The van der Waals surface area contributed by atoms with Crippen LogP contribution in [-0.4, -0.2) is 55.2 Å². The highest BCUT2D eigenvalue weighted by atomic mass is 35.5. The van der Waals surface area contributed by atoms with Crippen molar-refractivity contribution in [1.82, 2.24) is 15.2 Å². The molecule has 1 aliphatic heterocycles. The molecule has 3 aromatic rings. The van der Waals surface area contributed by atoms with Gasteiger partial charge in [0, 0.05) is 19.6 Å². The van der Waals surface area contributed by atoms with Gasteiger partial charge in [-0.15, -0.1) is 0 Å². The largest absolute Gasteiger partial charge is 0.492 e. The summed E-state index contributed by atoms with van der Waals surface area (Å²) in [5, 5.41) is 13.2. The first-order chi connectivity index (χ1) is 18.0. The Balaban J connectivity index is 1.54. The highest BCUT2D eigenvalue weighted by Gasteiger charge is 2.20. The number of hydrogen-bond acceptors (Lipinski definition) is 6. The minimum Gasteiger partial charge on any atom is -0.492 e. The molecule has 1 unspecified atom stereocenters. The summed E-state index contributed by atoms with van der Waals surface area (Å²) in [5.41, 5.74) is 1.78. The minimum absolute atomic E-state index is 0.143. The monoisotopic (exact) mass is 536 g/mol. The minimum atomic E-state index is -0.562. The van der Waals surface area contributed by atoms with Crippen LogP contribution in [0.1, 0.15) is 22.9 Å². The summed E-state index contributed by atoms with van der Waals surface area (Å²) in [6, 6.07) is 21.7. The molecule has 0 bridgehead atoms. The summed E-state index contributed by atoms with van der Waals surface area (Å²) in [4.78, 5) is 19.6. The third-order valence-corrected chi connectivity index (χ3v) is 6.40. The van der Waals surface area contributed by atoms with E-state index in [4.69, 9.17) is 32.7 Å². The zero-order chi connectivity index (χ0) is 26.0. The first-order valence-electron chi connectivity index (χ1n) is 11.9. The number of carbonyl (C=O) groups excluding carboxylic acids is 1. The van der Waals surface area contributed by atoms with Gasteiger partial charge in [0.25, 0.3) is 5.91 Å². The number of pyridine rings is 1. The standard InChI is InChI=1S/C28H26Cl2N4O3/c29-24-9-10-26(30)32-25(24)18-22(19-31)28(35)33-27(20-5-2-1-3-6-20)21-7-4-8-23(17-21)37-16-13-34-11-14-36-15-12-34/h1-10,17-18,27H,11-16H2,(H,33,35)/b22-18+. The van der Waals surface area contributed by atoms with Gasteiger partial charge in [-0.1, -0.05) is 65.7 Å². The van der Waals surface area contributed by atoms with Crippen LogP contribution in [0.15, 0.2) is 72.3 Å². The van der Waals surface area contributed by atoms with Crippen molar-refractivity contribution in [3.8, 4) is 11.8 Å². The molecular formula is C28H26Cl2N4O3. The van der Waals surface area contributed by atoms with Gasteiger partial charge in [-0.25, -0.2) is 4.98 Å². The van der Waals surface area contributed by atoms with E-state index in [-0.39, 0.29) is 21.4 Å². The van der Waals surface area contributed by atoms with Gasteiger partial charge in [0.1, 0.15) is 29.2 Å². The quantitative estimate of drug-likeness (QED) is 0.237. The van der Waals surface area contributed by atoms with Gasteiger partial charge < -0.3 is 14.8 Å². The van der Waals surface area contributed by atoms with E-state index in [1.54, 1.807) is 6.07 Å². The number of halogens is 2. The molecule has 0 aliphatic carbocycles. The summed E-state index contributed by atoms with van der Waals surface area (Å²) in [5.74, 6) is 0.139. The summed E-state index contributed by atoms with van der Waals surface area (Å²) in [6.45, 7) is 4.63. The van der Waals surface area contributed by atoms with Crippen LogP contribution in [0.3, 0.4) is 0 Å². The van der Waals surface area contributed by atoms with Crippen LogP contribution in [-0.2, 0) is 9.53 Å². The van der Waals surface area contributed by atoms with Crippen molar-refractivity contribution in [2.45, 2.75) is 6.04 Å². The number of nitriles is 1. The van der Waals surface area contributed by atoms with Crippen molar-refractivity contribution >= 4 is 35.2 Å². The lowest BCUT2D eigenvalue weighted by Crippen LogP contribution is -2.38. The van der Waals surface area contributed by atoms with E-state index >= 15 is 0 Å². The molecule has 1 saturated heterocycles. The predicted molar refractivity (Wildman–Crippen MR) is 143 cm³/mol. The fourth-order valence-corrected chi connectivity index (χ4v) is 4.25. The number of ether oxygens (including phenoxy) is 2. The fraction of sp³-hybridized carbons (Fsp3) is 0.250. The highest BCUT2D eigenvalue weighted by Crippen LogP contribution is 2.26. The van der Waals surface area contributed by atoms with E-state index in [0.29, 0.717) is 12.4 Å². The van der Waals surface area contributed by atoms with Gasteiger partial charge in [0.2, 0.25) is 0 Å². The van der Waals surface area contributed by atoms with Crippen LogP contribution in [0.25, 0.3) is 6.08 Å². The molecule has 1 N–H and O–H groups in total. The average molecular weight is 537 g/mol. The molecule has 1 atom stereocenters. The van der Waals surface area contributed by atoms with Crippen molar-refractivity contribution in [1.29, 1.82) is 5.26 Å². The Labute approximate surface area is 226 Å². The lowest BCUT2D eigenvalue weighted by Gasteiger charge is -2.26. The van der Waals surface area contributed by atoms with Gasteiger partial charge in [-0.3, -0.25) is 9.69 Å². The molecular weight excluding hydrogens is 511 g/mol. The molecule has 0 radical (unpaired) electrons. The van der Waals surface area contributed by atoms with Crippen LogP contribution in [0.2, 0.25) is 10.2 Å². The zero-order valence-corrected chi connectivity index (χ0v) is 21.6. The second-order valence-corrected chi connectivity index (χ2v) is 9.16. The SMILES string of the molecule is N#C/C(=C\c1nc(Cl)ccc1Cl)C(=O)NC(c1ccccc1)c1cccc(OCCN2CCOCC2)c1. The number of hydrogen-bond donors (Lipinski definition) is 1. The van der Waals surface area contributed by atoms with Crippen LogP contribution < -0.4 is 10.1 Å². The van der Waals surface area contributed by atoms with Crippen molar-refractivity contribution in [3.05, 3.63) is 99.3 Å². The Bertz CT molecular complexity index is 1290. The van der Waals surface area contributed by atoms with E-state index in [2.05, 4.69) is 15.2 Å². The lowest BCUT2D eigenvalue weighted by molar-refractivity contribution is -0.117. The van der Waals surface area contributed by atoms with E-state index in [9.17, 15) is 10.1 Å². The van der Waals surface area contributed by atoms with E-state index in [1.165, 1.54) is 12.1 Å². The Morgan fingerprint density at radius 2 is 1.86 bits per heavy atom. The number of aromatic nitrogens is 1. The van der Waals surface area contributed by atoms with Crippen LogP contribution in [0.4, 0.5) is 0 Å². The topological polar surface area (TPSA) is 87.5 Å². The molecule has 0 spiro atoms. The van der Waals surface area contributed by atoms with Crippen LogP contribution in [0.5, 0.6) is 5.75 Å². The summed E-state index contributed by atoms with van der Waals surface area (Å²) >= 11 is 12.1. The normalized spacial score (nSPS) is 15.0. The lowest BCUT2D eigenvalue weighted by atomic mass is 9.98. The molecule has 37 heavy (non-hydrogen) atoms. The van der Waals surface area contributed by atoms with Gasteiger partial charge >= 0.3 is 0 Å². The number of nitrogens with zero attached hydrogens (tertiary/aromatic N) is 3. The van der Waals surface area contributed by atoms with E-state index in [0.717, 1.165) is 44.0 Å². The summed E-state index contributed by atoms with van der Waals surface area (Å²) < 4.78 is 11.4. The fourth-order valence-electron chi connectivity index (χ4n) is 3.93. The number of amides is 1. The van der Waals surface area contributed by atoms with Crippen LogP contribution >= 0.6 is 23.2 Å². The van der Waals surface area contributed by atoms with Crippen molar-refractivity contribution in [3.63, 3.8) is 0 Å². The molecule has 1 amide bonds. The summed E-state index contributed by atoms with van der Waals surface area (Å²) in [7, 11) is 0. The number of carbonyl (C=O) groups is 1. The second kappa shape index (κ2) is 13.2. The third-order valence-electron chi connectivity index (χ3n) is 5.86. The molecule has 9 heteroatoms. The number of morpholine rings is 1. The Morgan fingerprint density at radius 1 is 1.11 bits per heavy atom. The molecule has 4 rings (SSSR count). The van der Waals surface area contributed by atoms with E-state index in [1.807, 2.05) is 60.7 Å². The van der Waals surface area contributed by atoms with Crippen molar-refractivity contribution < 1.29 is 14.3 Å². The van der Waals surface area contributed by atoms with Gasteiger partial charge in [-0.2, -0.15) is 5.26 Å². The van der Waals surface area contributed by atoms with Crippen LogP contribution in [0, 0.1) is 11.3 Å². The number of benzene rings is 2. The molecule has 1 aromatic heterocycles. The maximum absolute atomic E-state index is 13.2. The maximum atomic E-state index is 13.2. The number of rotatable bonds is 9. The number of nitrogens with one attached hydrogen (secondary N) is 1. The highest BCUT2D eigenvalue weighted by molar-refractivity contribution is 6.33. The second-order valence-electron chi connectivity index (χ2n) is 8.36. The maximum Gasteiger partial charge on any atom is 0.262 e. The van der Waals surface area contributed by atoms with Crippen molar-refractivity contribution in [2.75, 3.05) is 39.5 Å². The molecule has 190 valence electrons. The van der Waals surface area contributed by atoms with E-state index < -0.39 is 11.9 Å².